The molecule has 1 aromatic carbocycles. The van der Waals surface area contributed by atoms with Crippen LogP contribution in [0.1, 0.15) is 15.4 Å². The van der Waals surface area contributed by atoms with E-state index in [-0.39, 0.29) is 11.7 Å². The summed E-state index contributed by atoms with van der Waals surface area (Å²) >= 11 is 7.42. The van der Waals surface area contributed by atoms with Gasteiger partial charge in [-0.15, -0.1) is 11.3 Å². The summed E-state index contributed by atoms with van der Waals surface area (Å²) < 4.78 is 15.1. The number of aromatic nitrogens is 3. The van der Waals surface area contributed by atoms with E-state index in [2.05, 4.69) is 15.0 Å². The topological polar surface area (TPSA) is 54.3 Å². The third kappa shape index (κ3) is 3.77. The third-order valence-corrected chi connectivity index (χ3v) is 6.73. The molecule has 0 aliphatic carbocycles. The van der Waals surface area contributed by atoms with Gasteiger partial charge in [0.1, 0.15) is 21.6 Å². The lowest BCUT2D eigenvalue weighted by molar-refractivity contribution is 0.0751. The highest BCUT2D eigenvalue weighted by atomic mass is 35.5. The summed E-state index contributed by atoms with van der Waals surface area (Å²) in [6.07, 6.45) is 0. The molecule has 1 fully saturated rings. The van der Waals surface area contributed by atoms with Gasteiger partial charge in [0.15, 0.2) is 0 Å². The zero-order valence-corrected chi connectivity index (χ0v) is 18.3. The highest BCUT2D eigenvalue weighted by Crippen LogP contribution is 2.31. The lowest BCUT2D eigenvalue weighted by atomic mass is 10.2. The predicted octanol–water partition coefficient (Wildman–Crippen LogP) is 4.55. The van der Waals surface area contributed by atoms with Crippen molar-refractivity contribution in [1.82, 2.24) is 19.7 Å². The number of hydrogen-bond acceptors (Lipinski definition) is 5. The first-order chi connectivity index (χ1) is 15.0. The van der Waals surface area contributed by atoms with E-state index in [1.807, 2.05) is 30.0 Å². The first kappa shape index (κ1) is 20.0. The number of aryl methyl sites for hydroxylation is 1. The van der Waals surface area contributed by atoms with Crippen molar-refractivity contribution in [3.8, 4) is 5.69 Å². The molecule has 1 saturated heterocycles. The Labute approximate surface area is 187 Å². The Morgan fingerprint density at radius 2 is 1.84 bits per heavy atom. The molecule has 4 aromatic rings. The van der Waals surface area contributed by atoms with Crippen LogP contribution in [0.4, 0.5) is 10.2 Å². The smallest absolute Gasteiger partial charge is 0.264 e. The van der Waals surface area contributed by atoms with Gasteiger partial charge in [-0.05, 0) is 49.4 Å². The number of hydrogen-bond donors (Lipinski definition) is 0. The van der Waals surface area contributed by atoms with E-state index in [1.165, 1.54) is 23.5 Å². The summed E-state index contributed by atoms with van der Waals surface area (Å²) in [4.78, 5) is 23.1. The van der Waals surface area contributed by atoms with Crippen molar-refractivity contribution in [2.24, 2.45) is 0 Å². The van der Waals surface area contributed by atoms with Gasteiger partial charge in [0.25, 0.3) is 5.91 Å². The Kier molecular flexibility index (Phi) is 5.11. The maximum atomic E-state index is 13.3. The summed E-state index contributed by atoms with van der Waals surface area (Å²) in [6.45, 7) is 4.55. The second kappa shape index (κ2) is 7.94. The van der Waals surface area contributed by atoms with E-state index in [0.29, 0.717) is 36.2 Å². The minimum Gasteiger partial charge on any atom is -0.353 e. The lowest BCUT2D eigenvalue weighted by Gasteiger charge is -2.35. The summed E-state index contributed by atoms with van der Waals surface area (Å²) in [5, 5.41) is 5.98. The quantitative estimate of drug-likeness (QED) is 0.425. The average Bonchev–Trinajstić information content (AvgIpc) is 3.35. The van der Waals surface area contributed by atoms with Crippen molar-refractivity contribution in [3.05, 3.63) is 70.1 Å². The summed E-state index contributed by atoms with van der Waals surface area (Å²) in [5.74, 6) is 0.555. The predicted molar refractivity (Wildman–Crippen MR) is 121 cm³/mol. The molecular formula is C22H19ClFN5OS. The Balaban J connectivity index is 1.36. The van der Waals surface area contributed by atoms with Crippen molar-refractivity contribution >= 4 is 44.9 Å². The molecule has 1 amide bonds. The van der Waals surface area contributed by atoms with Crippen LogP contribution in [0.2, 0.25) is 5.15 Å². The number of rotatable bonds is 3. The molecule has 1 aliphatic heterocycles. The summed E-state index contributed by atoms with van der Waals surface area (Å²) in [6, 6.07) is 13.7. The van der Waals surface area contributed by atoms with Crippen LogP contribution >= 0.6 is 22.9 Å². The average molecular weight is 456 g/mol. The largest absolute Gasteiger partial charge is 0.353 e. The Morgan fingerprint density at radius 3 is 2.55 bits per heavy atom. The van der Waals surface area contributed by atoms with Gasteiger partial charge in [-0.3, -0.25) is 4.79 Å². The van der Waals surface area contributed by atoms with Gasteiger partial charge < -0.3 is 9.80 Å². The number of halogens is 2. The zero-order chi connectivity index (χ0) is 21.5. The van der Waals surface area contributed by atoms with Crippen LogP contribution in [0.5, 0.6) is 0 Å². The number of fused-ring (bicyclic) bond motifs is 1. The molecule has 0 N–H and O–H groups in total. The van der Waals surface area contributed by atoms with E-state index in [4.69, 9.17) is 11.6 Å². The highest BCUT2D eigenvalue weighted by molar-refractivity contribution is 7.20. The number of pyridine rings is 1. The minimum absolute atomic E-state index is 0.0185. The molecular weight excluding hydrogens is 437 g/mol. The number of amides is 1. The number of nitrogens with zero attached hydrogens (tertiary/aromatic N) is 5. The standard InChI is InChI=1S/C22H19ClFN5OS/c1-14-17-13-18(31-22(17)29(26-14)16-7-5-15(24)6-8-16)21(30)28-11-9-27(10-12-28)20-4-2-3-19(23)25-20/h2-8,13H,9-12H2,1H3. The van der Waals surface area contributed by atoms with Crippen LogP contribution in [0.25, 0.3) is 15.9 Å². The normalized spacial score (nSPS) is 14.4. The van der Waals surface area contributed by atoms with Crippen LogP contribution in [-0.2, 0) is 0 Å². The van der Waals surface area contributed by atoms with Crippen molar-refractivity contribution in [2.75, 3.05) is 31.1 Å². The fraction of sp³-hybridized carbons (Fsp3) is 0.227. The molecule has 158 valence electrons. The Hall–Kier alpha value is -2.97. The number of thiophene rings is 1. The van der Waals surface area contributed by atoms with E-state index >= 15 is 0 Å². The van der Waals surface area contributed by atoms with E-state index in [1.54, 1.807) is 22.9 Å². The van der Waals surface area contributed by atoms with Crippen LogP contribution < -0.4 is 4.90 Å². The van der Waals surface area contributed by atoms with Crippen molar-refractivity contribution < 1.29 is 9.18 Å². The van der Waals surface area contributed by atoms with Gasteiger partial charge in [0.2, 0.25) is 0 Å². The molecule has 0 saturated carbocycles. The minimum atomic E-state index is -0.293. The van der Waals surface area contributed by atoms with Gasteiger partial charge in [0.05, 0.1) is 16.3 Å². The van der Waals surface area contributed by atoms with Crippen LogP contribution in [0.3, 0.4) is 0 Å². The van der Waals surface area contributed by atoms with E-state index < -0.39 is 0 Å². The Bertz CT molecular complexity index is 1260. The first-order valence-corrected chi connectivity index (χ1v) is 11.1. The molecule has 3 aromatic heterocycles. The molecule has 0 bridgehead atoms. The number of carbonyl (C=O) groups excluding carboxylic acids is 1. The molecule has 0 spiro atoms. The maximum absolute atomic E-state index is 13.3. The van der Waals surface area contributed by atoms with E-state index in [0.717, 1.165) is 27.4 Å². The molecule has 0 unspecified atom stereocenters. The molecule has 9 heteroatoms. The van der Waals surface area contributed by atoms with Gasteiger partial charge in [-0.2, -0.15) is 5.10 Å². The maximum Gasteiger partial charge on any atom is 0.264 e. The molecule has 1 aliphatic rings. The number of anilines is 1. The summed E-state index contributed by atoms with van der Waals surface area (Å²) in [5.41, 5.74) is 1.61. The van der Waals surface area contributed by atoms with Gasteiger partial charge in [0, 0.05) is 31.6 Å². The van der Waals surface area contributed by atoms with E-state index in [9.17, 15) is 9.18 Å². The van der Waals surface area contributed by atoms with Crippen molar-refractivity contribution in [3.63, 3.8) is 0 Å². The fourth-order valence-electron chi connectivity index (χ4n) is 3.78. The molecule has 31 heavy (non-hydrogen) atoms. The molecule has 6 nitrogen and oxygen atoms in total. The van der Waals surface area contributed by atoms with Gasteiger partial charge >= 0.3 is 0 Å². The van der Waals surface area contributed by atoms with Crippen LogP contribution in [-0.4, -0.2) is 51.8 Å². The van der Waals surface area contributed by atoms with Crippen molar-refractivity contribution in [1.29, 1.82) is 0 Å². The molecule has 0 radical (unpaired) electrons. The van der Waals surface area contributed by atoms with Crippen molar-refractivity contribution in [2.45, 2.75) is 6.92 Å². The monoisotopic (exact) mass is 455 g/mol. The Morgan fingerprint density at radius 1 is 1.10 bits per heavy atom. The van der Waals surface area contributed by atoms with Crippen LogP contribution in [0, 0.1) is 12.7 Å². The highest BCUT2D eigenvalue weighted by Gasteiger charge is 2.25. The van der Waals surface area contributed by atoms with Gasteiger partial charge in [-0.25, -0.2) is 14.1 Å². The van der Waals surface area contributed by atoms with Crippen LogP contribution in [0.15, 0.2) is 48.5 Å². The van der Waals surface area contributed by atoms with Gasteiger partial charge in [-0.1, -0.05) is 17.7 Å². The molecule has 4 heterocycles. The second-order valence-corrected chi connectivity index (χ2v) is 8.82. The number of benzene rings is 1. The SMILES string of the molecule is Cc1nn(-c2ccc(F)cc2)c2sc(C(=O)N3CCN(c4cccc(Cl)n4)CC3)cc12. The summed E-state index contributed by atoms with van der Waals surface area (Å²) in [7, 11) is 0. The molecule has 5 rings (SSSR count). The number of piperazine rings is 1. The zero-order valence-electron chi connectivity index (χ0n) is 16.8. The second-order valence-electron chi connectivity index (χ2n) is 7.40. The first-order valence-electron chi connectivity index (χ1n) is 9.91. The number of carbonyl (C=O) groups is 1. The third-order valence-electron chi connectivity index (χ3n) is 5.42. The lowest BCUT2D eigenvalue weighted by Crippen LogP contribution is -2.48. The molecule has 0 atom stereocenters. The fourth-order valence-corrected chi connectivity index (χ4v) is 5.09.